The Morgan fingerprint density at radius 2 is 1.61 bits per heavy atom. The van der Waals surface area contributed by atoms with Gasteiger partial charge in [0.15, 0.2) is 0 Å². The monoisotopic (exact) mass is 336 g/mol. The van der Waals surface area contributed by atoms with Crippen molar-refractivity contribution in [2.45, 2.75) is 17.7 Å². The summed E-state index contributed by atoms with van der Waals surface area (Å²) in [7, 11) is 1.08. The lowest BCUT2D eigenvalue weighted by Crippen LogP contribution is -2.19. The standard InChI is InChI=1S/C10H7BrF6O/c1-18-6-2-5(4-11)8(10(15,16)17)7(3-6)9(12,13)14/h2-3H,4H2,1H3. The largest absolute Gasteiger partial charge is 0.497 e. The zero-order chi connectivity index (χ0) is 14.1. The molecular formula is C10H7BrF6O. The van der Waals surface area contributed by atoms with E-state index in [2.05, 4.69) is 20.7 Å². The van der Waals surface area contributed by atoms with Crippen LogP contribution < -0.4 is 4.74 Å². The molecule has 0 heterocycles. The summed E-state index contributed by atoms with van der Waals surface area (Å²) in [5.41, 5.74) is -3.95. The molecular weight excluding hydrogens is 330 g/mol. The van der Waals surface area contributed by atoms with Gasteiger partial charge in [-0.15, -0.1) is 0 Å². The topological polar surface area (TPSA) is 9.23 Å². The summed E-state index contributed by atoms with van der Waals surface area (Å²) in [6.07, 6.45) is -10.2. The second-order valence-corrected chi connectivity index (χ2v) is 3.90. The van der Waals surface area contributed by atoms with Gasteiger partial charge in [0.25, 0.3) is 0 Å². The van der Waals surface area contributed by atoms with Crippen LogP contribution in [-0.4, -0.2) is 7.11 Å². The van der Waals surface area contributed by atoms with Gasteiger partial charge in [0.1, 0.15) is 5.75 Å². The summed E-state index contributed by atoms with van der Waals surface area (Å²) in [6, 6.07) is 1.27. The second-order valence-electron chi connectivity index (χ2n) is 3.34. The summed E-state index contributed by atoms with van der Waals surface area (Å²) in [4.78, 5) is 0. The second kappa shape index (κ2) is 4.99. The molecule has 0 bridgehead atoms. The van der Waals surface area contributed by atoms with Gasteiger partial charge >= 0.3 is 12.4 Å². The molecule has 1 rings (SSSR count). The molecule has 0 saturated carbocycles. The molecule has 0 aliphatic heterocycles. The van der Waals surface area contributed by atoms with E-state index < -0.39 is 29.0 Å². The lowest BCUT2D eigenvalue weighted by molar-refractivity contribution is -0.162. The van der Waals surface area contributed by atoms with Crippen LogP contribution >= 0.6 is 15.9 Å². The van der Waals surface area contributed by atoms with Crippen molar-refractivity contribution in [3.63, 3.8) is 0 Å². The first-order chi connectivity index (χ1) is 8.11. The summed E-state index contributed by atoms with van der Waals surface area (Å²) in [5.74, 6) is -0.273. The van der Waals surface area contributed by atoms with E-state index in [1.54, 1.807) is 0 Å². The Balaban J connectivity index is 3.64. The molecule has 0 aliphatic rings. The van der Waals surface area contributed by atoms with E-state index in [1.807, 2.05) is 0 Å². The number of methoxy groups -OCH3 is 1. The average molecular weight is 337 g/mol. The van der Waals surface area contributed by atoms with Crippen molar-refractivity contribution in [3.8, 4) is 5.75 Å². The minimum absolute atomic E-state index is 0.273. The molecule has 18 heavy (non-hydrogen) atoms. The molecule has 0 aliphatic carbocycles. The Bertz CT molecular complexity index is 437. The summed E-state index contributed by atoms with van der Waals surface area (Å²) in [5, 5.41) is -0.359. The van der Waals surface area contributed by atoms with Crippen molar-refractivity contribution >= 4 is 15.9 Å². The van der Waals surface area contributed by atoms with Crippen LogP contribution in [0.1, 0.15) is 16.7 Å². The normalized spacial score (nSPS) is 12.7. The third kappa shape index (κ3) is 3.09. The quantitative estimate of drug-likeness (QED) is 0.565. The molecule has 0 N–H and O–H groups in total. The molecule has 1 aromatic carbocycles. The first-order valence-corrected chi connectivity index (χ1v) is 5.64. The highest BCUT2D eigenvalue weighted by Crippen LogP contribution is 2.44. The Morgan fingerprint density at radius 1 is 1.06 bits per heavy atom. The predicted molar refractivity (Wildman–Crippen MR) is 55.6 cm³/mol. The van der Waals surface area contributed by atoms with Gasteiger partial charge in [-0.2, -0.15) is 26.3 Å². The molecule has 0 unspecified atom stereocenters. The summed E-state index contributed by atoms with van der Waals surface area (Å²) in [6.45, 7) is 0. The van der Waals surface area contributed by atoms with E-state index in [4.69, 9.17) is 0 Å². The van der Waals surface area contributed by atoms with E-state index in [0.717, 1.165) is 13.2 Å². The molecule has 1 nitrogen and oxygen atoms in total. The highest BCUT2D eigenvalue weighted by molar-refractivity contribution is 9.08. The SMILES string of the molecule is COc1cc(CBr)c(C(F)(F)F)c(C(F)(F)F)c1. The predicted octanol–water partition coefficient (Wildman–Crippen LogP) is 4.63. The van der Waals surface area contributed by atoms with Crippen molar-refractivity contribution < 1.29 is 31.1 Å². The number of ether oxygens (including phenoxy) is 1. The van der Waals surface area contributed by atoms with Crippen molar-refractivity contribution in [3.05, 3.63) is 28.8 Å². The molecule has 1 aromatic rings. The van der Waals surface area contributed by atoms with Gasteiger partial charge in [-0.3, -0.25) is 0 Å². The Morgan fingerprint density at radius 3 is 1.94 bits per heavy atom. The van der Waals surface area contributed by atoms with Crippen molar-refractivity contribution in [1.29, 1.82) is 0 Å². The van der Waals surface area contributed by atoms with E-state index in [0.29, 0.717) is 6.07 Å². The van der Waals surface area contributed by atoms with Crippen molar-refractivity contribution in [1.82, 2.24) is 0 Å². The maximum atomic E-state index is 12.7. The van der Waals surface area contributed by atoms with Gasteiger partial charge in [-0.05, 0) is 17.7 Å². The van der Waals surface area contributed by atoms with E-state index in [9.17, 15) is 26.3 Å². The number of alkyl halides is 7. The van der Waals surface area contributed by atoms with E-state index >= 15 is 0 Å². The van der Waals surface area contributed by atoms with Gasteiger partial charge in [-0.25, -0.2) is 0 Å². The van der Waals surface area contributed by atoms with Crippen LogP contribution in [0.3, 0.4) is 0 Å². The zero-order valence-corrected chi connectivity index (χ0v) is 10.5. The zero-order valence-electron chi connectivity index (χ0n) is 8.92. The van der Waals surface area contributed by atoms with Gasteiger partial charge in [0.05, 0.1) is 18.2 Å². The van der Waals surface area contributed by atoms with Crippen molar-refractivity contribution in [2.24, 2.45) is 0 Å². The fourth-order valence-corrected chi connectivity index (χ4v) is 1.90. The lowest BCUT2D eigenvalue weighted by atomic mass is 10.0. The molecule has 0 radical (unpaired) electrons. The molecule has 0 atom stereocenters. The Labute approximate surface area is 107 Å². The number of hydrogen-bond acceptors (Lipinski definition) is 1. The summed E-state index contributed by atoms with van der Waals surface area (Å²) >= 11 is 2.74. The van der Waals surface area contributed by atoms with Gasteiger partial charge in [0, 0.05) is 5.33 Å². The molecule has 8 heteroatoms. The van der Waals surface area contributed by atoms with Gasteiger partial charge in [-0.1, -0.05) is 15.9 Å². The van der Waals surface area contributed by atoms with Crippen LogP contribution in [0, 0.1) is 0 Å². The highest BCUT2D eigenvalue weighted by atomic mass is 79.9. The first-order valence-electron chi connectivity index (χ1n) is 4.52. The molecule has 0 saturated heterocycles. The maximum absolute atomic E-state index is 12.7. The van der Waals surface area contributed by atoms with Crippen LogP contribution in [0.25, 0.3) is 0 Å². The van der Waals surface area contributed by atoms with Crippen LogP contribution in [0.2, 0.25) is 0 Å². The number of rotatable bonds is 2. The van der Waals surface area contributed by atoms with Gasteiger partial charge in [0.2, 0.25) is 0 Å². The van der Waals surface area contributed by atoms with Gasteiger partial charge < -0.3 is 4.74 Å². The smallest absolute Gasteiger partial charge is 0.417 e. The third-order valence-corrected chi connectivity index (χ3v) is 2.77. The molecule has 0 aromatic heterocycles. The Hall–Kier alpha value is -0.920. The molecule has 0 spiro atoms. The third-order valence-electron chi connectivity index (χ3n) is 2.16. The lowest BCUT2D eigenvalue weighted by Gasteiger charge is -2.19. The average Bonchev–Trinajstić information content (AvgIpc) is 2.24. The maximum Gasteiger partial charge on any atom is 0.417 e. The molecule has 0 amide bonds. The van der Waals surface area contributed by atoms with Crippen LogP contribution in [0.15, 0.2) is 12.1 Å². The Kier molecular flexibility index (Phi) is 4.19. The van der Waals surface area contributed by atoms with Crippen LogP contribution in [-0.2, 0) is 17.7 Å². The minimum atomic E-state index is -5.10. The van der Waals surface area contributed by atoms with E-state index in [-0.39, 0.29) is 11.1 Å². The van der Waals surface area contributed by atoms with Crippen LogP contribution in [0.5, 0.6) is 5.75 Å². The fraction of sp³-hybridized carbons (Fsp3) is 0.400. The molecule has 102 valence electrons. The van der Waals surface area contributed by atoms with E-state index in [1.165, 1.54) is 0 Å². The summed E-state index contributed by atoms with van der Waals surface area (Å²) < 4.78 is 80.6. The fourth-order valence-electron chi connectivity index (χ4n) is 1.45. The molecule has 0 fully saturated rings. The number of benzene rings is 1. The van der Waals surface area contributed by atoms with Crippen molar-refractivity contribution in [2.75, 3.05) is 7.11 Å². The first kappa shape index (κ1) is 15.1. The number of halogens is 7. The number of hydrogen-bond donors (Lipinski definition) is 0. The minimum Gasteiger partial charge on any atom is -0.497 e. The van der Waals surface area contributed by atoms with Crippen LogP contribution in [0.4, 0.5) is 26.3 Å². The highest BCUT2D eigenvalue weighted by Gasteiger charge is 2.45.